The predicted octanol–water partition coefficient (Wildman–Crippen LogP) is 2.52. The summed E-state index contributed by atoms with van der Waals surface area (Å²) in [6, 6.07) is 0. The Bertz CT molecular complexity index is 379. The highest BCUT2D eigenvalue weighted by atomic mass is 32.1. The molecule has 0 aromatic carbocycles. The Balaban J connectivity index is 1.81. The lowest BCUT2D eigenvalue weighted by Gasteiger charge is -2.29. The fraction of sp³-hybridized carbons (Fsp3) is 0.786. The lowest BCUT2D eigenvalue weighted by Crippen LogP contribution is -2.42. The third-order valence-corrected chi connectivity index (χ3v) is 5.23. The first kappa shape index (κ1) is 14.0. The minimum Gasteiger partial charge on any atom is -0.389 e. The van der Waals surface area contributed by atoms with Gasteiger partial charge >= 0.3 is 0 Å². The predicted molar refractivity (Wildman–Crippen MR) is 75.9 cm³/mol. The molecule has 1 aliphatic rings. The molecule has 3 nitrogen and oxygen atoms in total. The average molecular weight is 268 g/mol. The molecule has 102 valence electrons. The van der Waals surface area contributed by atoms with Crippen LogP contribution in [-0.4, -0.2) is 22.2 Å². The Morgan fingerprint density at radius 2 is 2.28 bits per heavy atom. The largest absolute Gasteiger partial charge is 0.389 e. The molecule has 2 rings (SSSR count). The lowest BCUT2D eigenvalue weighted by molar-refractivity contribution is 0.00534. The first-order valence-electron chi connectivity index (χ1n) is 6.93. The summed E-state index contributed by atoms with van der Waals surface area (Å²) >= 11 is 1.83. The Morgan fingerprint density at radius 1 is 1.50 bits per heavy atom. The van der Waals surface area contributed by atoms with Crippen LogP contribution in [0.1, 0.15) is 49.2 Å². The number of aromatic nitrogens is 1. The molecule has 4 heteroatoms. The Labute approximate surface area is 114 Å². The van der Waals surface area contributed by atoms with E-state index >= 15 is 0 Å². The van der Waals surface area contributed by atoms with E-state index < -0.39 is 5.60 Å². The van der Waals surface area contributed by atoms with Crippen LogP contribution < -0.4 is 5.32 Å². The molecule has 1 aromatic rings. The zero-order chi connectivity index (χ0) is 13.2. The van der Waals surface area contributed by atoms with Crippen molar-refractivity contribution in [1.29, 1.82) is 0 Å². The standard InChI is InChI=1S/C14H24N2OS/c1-4-10(2)14(3,17)9-15-8-13-16-11-6-5-7-12(11)18-13/h10,15,17H,4-9H2,1-3H3. The summed E-state index contributed by atoms with van der Waals surface area (Å²) < 4.78 is 0. The van der Waals surface area contributed by atoms with E-state index in [1.165, 1.54) is 28.4 Å². The van der Waals surface area contributed by atoms with Crippen molar-refractivity contribution in [3.8, 4) is 0 Å². The van der Waals surface area contributed by atoms with Crippen LogP contribution in [0.5, 0.6) is 0 Å². The van der Waals surface area contributed by atoms with Gasteiger partial charge in [0, 0.05) is 18.0 Å². The van der Waals surface area contributed by atoms with Gasteiger partial charge in [-0.2, -0.15) is 0 Å². The van der Waals surface area contributed by atoms with E-state index in [2.05, 4.69) is 24.1 Å². The molecule has 1 heterocycles. The normalized spacial score (nSPS) is 19.6. The Kier molecular flexibility index (Phi) is 4.41. The van der Waals surface area contributed by atoms with E-state index in [9.17, 15) is 5.11 Å². The van der Waals surface area contributed by atoms with E-state index in [4.69, 9.17) is 0 Å². The van der Waals surface area contributed by atoms with Crippen LogP contribution in [0.3, 0.4) is 0 Å². The fourth-order valence-electron chi connectivity index (χ4n) is 2.36. The second-order valence-electron chi connectivity index (χ2n) is 5.60. The van der Waals surface area contributed by atoms with Gasteiger partial charge in [0.05, 0.1) is 11.3 Å². The van der Waals surface area contributed by atoms with Gasteiger partial charge in [0.25, 0.3) is 0 Å². The highest BCUT2D eigenvalue weighted by Crippen LogP contribution is 2.27. The molecule has 0 aliphatic heterocycles. The number of rotatable bonds is 6. The molecule has 0 spiro atoms. The number of nitrogens with zero attached hydrogens (tertiary/aromatic N) is 1. The van der Waals surface area contributed by atoms with Gasteiger partial charge in [0.15, 0.2) is 0 Å². The molecule has 2 N–H and O–H groups in total. The van der Waals surface area contributed by atoms with Crippen molar-refractivity contribution in [2.24, 2.45) is 5.92 Å². The summed E-state index contributed by atoms with van der Waals surface area (Å²) in [6.07, 6.45) is 4.62. The summed E-state index contributed by atoms with van der Waals surface area (Å²) in [4.78, 5) is 6.12. The summed E-state index contributed by atoms with van der Waals surface area (Å²) in [5.74, 6) is 0.311. The quantitative estimate of drug-likeness (QED) is 0.833. The van der Waals surface area contributed by atoms with Crippen LogP contribution >= 0.6 is 11.3 Å². The van der Waals surface area contributed by atoms with Crippen LogP contribution in [0.2, 0.25) is 0 Å². The maximum absolute atomic E-state index is 10.3. The highest BCUT2D eigenvalue weighted by molar-refractivity contribution is 7.11. The summed E-state index contributed by atoms with van der Waals surface area (Å²) in [7, 11) is 0. The molecule has 0 saturated carbocycles. The SMILES string of the molecule is CCC(C)C(C)(O)CNCc1nc2c(s1)CCC2. The van der Waals surface area contributed by atoms with Crippen molar-refractivity contribution >= 4 is 11.3 Å². The fourth-order valence-corrected chi connectivity index (χ4v) is 3.48. The van der Waals surface area contributed by atoms with Crippen LogP contribution in [0, 0.1) is 5.92 Å². The molecule has 0 radical (unpaired) electrons. The number of hydrogen-bond donors (Lipinski definition) is 2. The van der Waals surface area contributed by atoms with E-state index in [1.807, 2.05) is 18.3 Å². The van der Waals surface area contributed by atoms with Gasteiger partial charge in [-0.3, -0.25) is 0 Å². The molecule has 2 unspecified atom stereocenters. The molecule has 2 atom stereocenters. The van der Waals surface area contributed by atoms with Crippen molar-refractivity contribution in [2.75, 3.05) is 6.54 Å². The maximum Gasteiger partial charge on any atom is 0.107 e. The summed E-state index contributed by atoms with van der Waals surface area (Å²) in [6.45, 7) is 7.54. The lowest BCUT2D eigenvalue weighted by atomic mass is 9.89. The van der Waals surface area contributed by atoms with Crippen LogP contribution in [-0.2, 0) is 19.4 Å². The van der Waals surface area contributed by atoms with Crippen LogP contribution in [0.25, 0.3) is 0 Å². The second-order valence-corrected chi connectivity index (χ2v) is 6.77. The number of nitrogens with one attached hydrogen (secondary N) is 1. The number of hydrogen-bond acceptors (Lipinski definition) is 4. The van der Waals surface area contributed by atoms with E-state index in [0.717, 1.165) is 19.4 Å². The molecule has 0 bridgehead atoms. The van der Waals surface area contributed by atoms with E-state index in [0.29, 0.717) is 12.5 Å². The van der Waals surface area contributed by atoms with Gasteiger partial charge in [-0.15, -0.1) is 11.3 Å². The molecular formula is C14H24N2OS. The molecule has 0 fully saturated rings. The van der Waals surface area contributed by atoms with Crippen molar-refractivity contribution < 1.29 is 5.11 Å². The third-order valence-electron chi connectivity index (χ3n) is 4.07. The number of aliphatic hydroxyl groups is 1. The van der Waals surface area contributed by atoms with Gasteiger partial charge in [-0.05, 0) is 32.1 Å². The average Bonchev–Trinajstić information content (AvgIpc) is 2.88. The molecular weight excluding hydrogens is 244 g/mol. The van der Waals surface area contributed by atoms with Gasteiger partial charge in [-0.1, -0.05) is 20.3 Å². The summed E-state index contributed by atoms with van der Waals surface area (Å²) in [5.41, 5.74) is 0.680. The smallest absolute Gasteiger partial charge is 0.107 e. The van der Waals surface area contributed by atoms with Gasteiger partial charge < -0.3 is 10.4 Å². The van der Waals surface area contributed by atoms with Gasteiger partial charge in [-0.25, -0.2) is 4.98 Å². The molecule has 1 aliphatic carbocycles. The number of thiazole rings is 1. The minimum atomic E-state index is -0.630. The third kappa shape index (κ3) is 3.11. The second kappa shape index (κ2) is 5.68. The summed E-state index contributed by atoms with van der Waals surface area (Å²) in [5, 5.41) is 14.8. The number of fused-ring (bicyclic) bond motifs is 1. The highest BCUT2D eigenvalue weighted by Gasteiger charge is 2.26. The topological polar surface area (TPSA) is 45.1 Å². The molecule has 1 aromatic heterocycles. The zero-order valence-corrected chi connectivity index (χ0v) is 12.4. The van der Waals surface area contributed by atoms with E-state index in [-0.39, 0.29) is 0 Å². The zero-order valence-electron chi connectivity index (χ0n) is 11.6. The van der Waals surface area contributed by atoms with Crippen molar-refractivity contribution in [2.45, 2.75) is 58.6 Å². The van der Waals surface area contributed by atoms with Gasteiger partial charge in [0.2, 0.25) is 0 Å². The van der Waals surface area contributed by atoms with Crippen molar-refractivity contribution in [3.63, 3.8) is 0 Å². The molecule has 18 heavy (non-hydrogen) atoms. The molecule has 0 saturated heterocycles. The first-order valence-corrected chi connectivity index (χ1v) is 7.75. The first-order chi connectivity index (χ1) is 8.53. The van der Waals surface area contributed by atoms with Gasteiger partial charge in [0.1, 0.15) is 5.01 Å². The van der Waals surface area contributed by atoms with Crippen molar-refractivity contribution in [1.82, 2.24) is 10.3 Å². The van der Waals surface area contributed by atoms with E-state index in [1.54, 1.807) is 0 Å². The Hall–Kier alpha value is -0.450. The van der Waals surface area contributed by atoms with Crippen LogP contribution in [0.15, 0.2) is 0 Å². The minimum absolute atomic E-state index is 0.311. The Morgan fingerprint density at radius 3 is 2.94 bits per heavy atom. The molecule has 0 amide bonds. The van der Waals surface area contributed by atoms with Crippen LogP contribution in [0.4, 0.5) is 0 Å². The maximum atomic E-state index is 10.3. The van der Waals surface area contributed by atoms with Crippen molar-refractivity contribution in [3.05, 3.63) is 15.6 Å². The number of aryl methyl sites for hydroxylation is 2. The monoisotopic (exact) mass is 268 g/mol.